The molecular formula is C46H73N7O9. The van der Waals surface area contributed by atoms with Crippen LogP contribution in [0.3, 0.4) is 0 Å². The summed E-state index contributed by atoms with van der Waals surface area (Å²) < 4.78 is 15.9. The second kappa shape index (κ2) is 26.2. The van der Waals surface area contributed by atoms with Crippen LogP contribution in [-0.2, 0) is 28.6 Å². The van der Waals surface area contributed by atoms with Crippen molar-refractivity contribution in [3.8, 4) is 0 Å². The van der Waals surface area contributed by atoms with Crippen LogP contribution in [0.25, 0.3) is 0 Å². The Morgan fingerprint density at radius 2 is 0.855 bits per heavy atom. The maximum atomic E-state index is 14.1. The monoisotopic (exact) mass is 868 g/mol. The zero-order valence-corrected chi connectivity index (χ0v) is 38.3. The van der Waals surface area contributed by atoms with Crippen molar-refractivity contribution in [3.63, 3.8) is 0 Å². The average Bonchev–Trinajstić information content (AvgIpc) is 3.16. The van der Waals surface area contributed by atoms with Gasteiger partial charge in [0, 0.05) is 19.6 Å². The number of unbranched alkanes of at least 4 members (excludes halogenated alkanes) is 3. The lowest BCUT2D eigenvalue weighted by atomic mass is 9.97. The molecule has 3 atom stereocenters. The molecule has 0 saturated heterocycles. The third kappa shape index (κ3) is 23.6. The van der Waals surface area contributed by atoms with E-state index < -0.39 is 77.0 Å². The fourth-order valence-corrected chi connectivity index (χ4v) is 6.07. The summed E-state index contributed by atoms with van der Waals surface area (Å²) >= 11 is 0. The van der Waals surface area contributed by atoms with E-state index in [1.54, 1.807) is 62.3 Å². The Bertz CT molecular complexity index is 1650. The average molecular weight is 868 g/mol. The predicted molar refractivity (Wildman–Crippen MR) is 239 cm³/mol. The molecule has 16 heteroatoms. The van der Waals surface area contributed by atoms with Gasteiger partial charge in [-0.15, -0.1) is 0 Å². The van der Waals surface area contributed by atoms with Gasteiger partial charge in [-0.05, 0) is 131 Å². The number of alkyl carbamates (subject to hydrolysis) is 3. The summed E-state index contributed by atoms with van der Waals surface area (Å²) in [5.41, 5.74) is 6.02. The van der Waals surface area contributed by atoms with Crippen LogP contribution < -0.4 is 37.6 Å². The van der Waals surface area contributed by atoms with Gasteiger partial charge in [-0.25, -0.2) is 14.4 Å². The van der Waals surface area contributed by atoms with Gasteiger partial charge in [0.05, 0.1) is 12.1 Å². The first-order chi connectivity index (χ1) is 29.0. The summed E-state index contributed by atoms with van der Waals surface area (Å²) in [6.45, 7) is 16.8. The van der Waals surface area contributed by atoms with Crippen molar-refractivity contribution in [2.45, 2.75) is 161 Å². The van der Waals surface area contributed by atoms with Crippen LogP contribution in [-0.4, -0.2) is 90.6 Å². The van der Waals surface area contributed by atoms with Crippen molar-refractivity contribution < 1.29 is 43.0 Å². The van der Waals surface area contributed by atoms with Gasteiger partial charge < -0.3 is 51.8 Å². The Kier molecular flexibility index (Phi) is 22.3. The van der Waals surface area contributed by atoms with E-state index in [0.717, 1.165) is 11.1 Å². The van der Waals surface area contributed by atoms with Crippen LogP contribution in [0.4, 0.5) is 14.4 Å². The van der Waals surface area contributed by atoms with Crippen LogP contribution in [0.1, 0.15) is 137 Å². The second-order valence-electron chi connectivity index (χ2n) is 18.3. The van der Waals surface area contributed by atoms with Gasteiger partial charge in [0.15, 0.2) is 0 Å². The molecule has 0 heterocycles. The highest BCUT2D eigenvalue weighted by molar-refractivity contribution is 5.90. The Balaban J connectivity index is 2.07. The molecule has 0 unspecified atom stereocenters. The highest BCUT2D eigenvalue weighted by Gasteiger charge is 2.28. The van der Waals surface area contributed by atoms with Crippen molar-refractivity contribution in [2.24, 2.45) is 5.73 Å². The molecule has 16 nitrogen and oxygen atoms in total. The standard InChI is InChI=1S/C46H73N7O9/c1-44(2,3)60-41(57)49-30-19-16-26-34(47)38(54)51-36(40(56)53-37(32-22-12-10-13-23-32)33-24-14-11-15-25-33)28-17-20-29-48-39(55)35(52-43(59)62-46(7,8)9)27-18-21-31-50-42(58)61-45(4,5)6/h10-15,22-25,34-37H,16-21,26-31,47H2,1-9H3,(H,48,55)(H,49,57)(H,50,58)(H,51,54)(H,52,59)(H,53,56)/t34-,35-,36-/m0/s1. The highest BCUT2D eigenvalue weighted by Crippen LogP contribution is 2.22. The van der Waals surface area contributed by atoms with E-state index >= 15 is 0 Å². The SMILES string of the molecule is CC(C)(C)OC(=O)NCCCC[C@H](NC(=O)OC(C)(C)C)C(=O)NCCCC[C@H](NC(=O)[C@@H](N)CCCCNC(=O)OC(C)(C)C)C(=O)NC(c1ccccc1)c1ccccc1. The van der Waals surface area contributed by atoms with Gasteiger partial charge in [0.2, 0.25) is 17.7 Å². The summed E-state index contributed by atoms with van der Waals surface area (Å²) in [7, 11) is 0. The van der Waals surface area contributed by atoms with Crippen molar-refractivity contribution in [1.29, 1.82) is 0 Å². The Morgan fingerprint density at radius 3 is 1.29 bits per heavy atom. The molecule has 0 aliphatic heterocycles. The van der Waals surface area contributed by atoms with Gasteiger partial charge in [0.25, 0.3) is 0 Å². The number of amides is 6. The molecule has 0 saturated carbocycles. The summed E-state index contributed by atoms with van der Waals surface area (Å²) in [4.78, 5) is 77.5. The number of carbonyl (C=O) groups is 6. The minimum Gasteiger partial charge on any atom is -0.444 e. The van der Waals surface area contributed by atoms with E-state index in [9.17, 15) is 28.8 Å². The third-order valence-corrected chi connectivity index (χ3v) is 8.95. The van der Waals surface area contributed by atoms with Gasteiger partial charge in [0.1, 0.15) is 28.9 Å². The summed E-state index contributed by atoms with van der Waals surface area (Å²) in [6, 6.07) is 15.8. The highest BCUT2D eigenvalue weighted by atomic mass is 16.6. The van der Waals surface area contributed by atoms with E-state index in [4.69, 9.17) is 19.9 Å². The zero-order valence-electron chi connectivity index (χ0n) is 38.3. The zero-order chi connectivity index (χ0) is 46.3. The molecular weight excluding hydrogens is 795 g/mol. The lowest BCUT2D eigenvalue weighted by Gasteiger charge is -2.25. The minimum absolute atomic E-state index is 0.237. The summed E-state index contributed by atoms with van der Waals surface area (Å²) in [5.74, 6) is -1.28. The molecule has 2 aromatic rings. The van der Waals surface area contributed by atoms with E-state index in [0.29, 0.717) is 64.5 Å². The number of hydrogen-bond acceptors (Lipinski definition) is 10. The molecule has 0 bridgehead atoms. The fraction of sp³-hybridized carbons (Fsp3) is 0.609. The topological polar surface area (TPSA) is 228 Å². The Hall–Kier alpha value is -5.38. The van der Waals surface area contributed by atoms with Crippen LogP contribution in [0.15, 0.2) is 60.7 Å². The van der Waals surface area contributed by atoms with Gasteiger partial charge in [-0.2, -0.15) is 0 Å². The Morgan fingerprint density at radius 1 is 0.468 bits per heavy atom. The molecule has 2 rings (SSSR count). The van der Waals surface area contributed by atoms with Crippen LogP contribution in [0, 0.1) is 0 Å². The first-order valence-corrected chi connectivity index (χ1v) is 21.7. The molecule has 346 valence electrons. The lowest BCUT2D eigenvalue weighted by molar-refractivity contribution is -0.130. The third-order valence-electron chi connectivity index (χ3n) is 8.95. The molecule has 6 amide bonds. The second-order valence-corrected chi connectivity index (χ2v) is 18.3. The minimum atomic E-state index is -0.941. The smallest absolute Gasteiger partial charge is 0.408 e. The Labute approximate surface area is 368 Å². The van der Waals surface area contributed by atoms with Crippen LogP contribution in [0.2, 0.25) is 0 Å². The van der Waals surface area contributed by atoms with E-state index in [-0.39, 0.29) is 13.0 Å². The molecule has 0 spiro atoms. The van der Waals surface area contributed by atoms with E-state index in [2.05, 4.69) is 31.9 Å². The quantitative estimate of drug-likeness (QED) is 0.0489. The molecule has 2 aromatic carbocycles. The summed E-state index contributed by atoms with van der Waals surface area (Å²) in [6.07, 6.45) is 2.19. The number of carbonyl (C=O) groups excluding carboxylic acids is 6. The largest absolute Gasteiger partial charge is 0.444 e. The number of ether oxygens (including phenoxy) is 3. The maximum absolute atomic E-state index is 14.1. The van der Waals surface area contributed by atoms with Crippen molar-refractivity contribution in [1.82, 2.24) is 31.9 Å². The number of nitrogens with two attached hydrogens (primary N) is 1. The van der Waals surface area contributed by atoms with Crippen LogP contribution >= 0.6 is 0 Å². The van der Waals surface area contributed by atoms with E-state index in [1.807, 2.05) is 60.7 Å². The van der Waals surface area contributed by atoms with Gasteiger partial charge in [-0.3, -0.25) is 14.4 Å². The van der Waals surface area contributed by atoms with Crippen molar-refractivity contribution in [3.05, 3.63) is 71.8 Å². The van der Waals surface area contributed by atoms with Crippen LogP contribution in [0.5, 0.6) is 0 Å². The fourth-order valence-electron chi connectivity index (χ4n) is 6.07. The number of rotatable bonds is 23. The molecule has 8 N–H and O–H groups in total. The predicted octanol–water partition coefficient (Wildman–Crippen LogP) is 6.27. The van der Waals surface area contributed by atoms with Gasteiger partial charge in [-0.1, -0.05) is 60.7 Å². The number of hydrogen-bond donors (Lipinski definition) is 7. The van der Waals surface area contributed by atoms with E-state index in [1.165, 1.54) is 0 Å². The van der Waals surface area contributed by atoms with Crippen molar-refractivity contribution in [2.75, 3.05) is 19.6 Å². The maximum Gasteiger partial charge on any atom is 0.408 e. The molecule has 62 heavy (non-hydrogen) atoms. The van der Waals surface area contributed by atoms with Gasteiger partial charge >= 0.3 is 18.3 Å². The first-order valence-electron chi connectivity index (χ1n) is 21.7. The molecule has 0 radical (unpaired) electrons. The summed E-state index contributed by atoms with van der Waals surface area (Å²) in [5, 5.41) is 16.9. The molecule has 0 aliphatic rings. The van der Waals surface area contributed by atoms with Crippen molar-refractivity contribution >= 4 is 36.0 Å². The molecule has 0 aliphatic carbocycles. The lowest BCUT2D eigenvalue weighted by Crippen LogP contribution is -2.52. The number of nitrogens with one attached hydrogen (secondary N) is 6. The normalized spacial score (nSPS) is 13.1. The number of benzene rings is 2. The molecule has 0 aromatic heterocycles. The molecule has 0 fully saturated rings. The first kappa shape index (κ1) is 52.8.